The van der Waals surface area contributed by atoms with Crippen molar-refractivity contribution in [3.63, 3.8) is 0 Å². The second kappa shape index (κ2) is 6.91. The van der Waals surface area contributed by atoms with Crippen LogP contribution in [0.25, 0.3) is 23.0 Å². The third kappa shape index (κ3) is 3.19. The molecule has 0 unspecified atom stereocenters. The maximum absolute atomic E-state index is 12.4. The molecule has 4 rings (SSSR count). The van der Waals surface area contributed by atoms with Crippen molar-refractivity contribution in [1.29, 1.82) is 0 Å². The lowest BCUT2D eigenvalue weighted by Gasteiger charge is -2.25. The molecule has 1 aromatic carbocycles. The van der Waals surface area contributed by atoms with E-state index in [1.165, 1.54) is 0 Å². The number of hydrogen-bond donors (Lipinski definition) is 0. The number of benzene rings is 1. The van der Waals surface area contributed by atoms with Crippen molar-refractivity contribution < 1.29 is 9.53 Å². The van der Waals surface area contributed by atoms with Crippen molar-refractivity contribution >= 4 is 17.6 Å². The molecule has 1 aliphatic heterocycles. The van der Waals surface area contributed by atoms with Crippen LogP contribution < -0.4 is 0 Å². The van der Waals surface area contributed by atoms with Gasteiger partial charge in [-0.1, -0.05) is 36.4 Å². The molecule has 2 aromatic heterocycles. The Kier molecular flexibility index (Phi) is 4.31. The SMILES string of the molecule is O=C(/C=C/c1c(-c2ccccc2)nc2ccccn12)N1CCOCC1. The molecule has 0 saturated carbocycles. The molecule has 0 bridgehead atoms. The molecule has 3 heterocycles. The molecule has 0 atom stereocenters. The lowest BCUT2D eigenvalue weighted by atomic mass is 10.1. The number of rotatable bonds is 3. The zero-order chi connectivity index (χ0) is 17.1. The van der Waals surface area contributed by atoms with Crippen LogP contribution >= 0.6 is 0 Å². The first-order valence-corrected chi connectivity index (χ1v) is 8.40. The Morgan fingerprint density at radius 1 is 1.04 bits per heavy atom. The van der Waals surface area contributed by atoms with E-state index in [-0.39, 0.29) is 5.91 Å². The normalized spacial score (nSPS) is 15.1. The molecule has 5 nitrogen and oxygen atoms in total. The highest BCUT2D eigenvalue weighted by Gasteiger charge is 2.16. The summed E-state index contributed by atoms with van der Waals surface area (Å²) in [5, 5.41) is 0. The van der Waals surface area contributed by atoms with Gasteiger partial charge in [0.15, 0.2) is 0 Å². The highest BCUT2D eigenvalue weighted by Crippen LogP contribution is 2.25. The van der Waals surface area contributed by atoms with E-state index >= 15 is 0 Å². The highest BCUT2D eigenvalue weighted by atomic mass is 16.5. The third-order valence-electron chi connectivity index (χ3n) is 4.32. The molecule has 1 saturated heterocycles. The van der Waals surface area contributed by atoms with Crippen LogP contribution in [-0.2, 0) is 9.53 Å². The van der Waals surface area contributed by atoms with Crippen molar-refractivity contribution in [2.45, 2.75) is 0 Å². The Balaban J connectivity index is 1.72. The molecular formula is C20H19N3O2. The van der Waals surface area contributed by atoms with E-state index in [1.54, 1.807) is 6.08 Å². The third-order valence-corrected chi connectivity index (χ3v) is 4.32. The van der Waals surface area contributed by atoms with Gasteiger partial charge in [0.1, 0.15) is 5.65 Å². The maximum Gasteiger partial charge on any atom is 0.246 e. The summed E-state index contributed by atoms with van der Waals surface area (Å²) in [4.78, 5) is 19.0. The minimum atomic E-state index is 0.00759. The van der Waals surface area contributed by atoms with Crippen molar-refractivity contribution in [2.24, 2.45) is 0 Å². The molecule has 3 aromatic rings. The van der Waals surface area contributed by atoms with Crippen LogP contribution in [0.2, 0.25) is 0 Å². The zero-order valence-electron chi connectivity index (χ0n) is 13.8. The van der Waals surface area contributed by atoms with Gasteiger partial charge in [-0.3, -0.25) is 9.20 Å². The Morgan fingerprint density at radius 2 is 1.80 bits per heavy atom. The molecule has 126 valence electrons. The van der Waals surface area contributed by atoms with Crippen molar-refractivity contribution in [3.05, 3.63) is 66.5 Å². The summed E-state index contributed by atoms with van der Waals surface area (Å²) >= 11 is 0. The number of carbonyl (C=O) groups excluding carboxylic acids is 1. The van der Waals surface area contributed by atoms with Crippen LogP contribution in [0.3, 0.4) is 0 Å². The first-order valence-electron chi connectivity index (χ1n) is 8.40. The summed E-state index contributed by atoms with van der Waals surface area (Å²) in [6.07, 6.45) is 5.46. The molecule has 0 aliphatic carbocycles. The molecule has 1 amide bonds. The predicted molar refractivity (Wildman–Crippen MR) is 97.1 cm³/mol. The van der Waals surface area contributed by atoms with Crippen molar-refractivity contribution in [1.82, 2.24) is 14.3 Å². The first kappa shape index (κ1) is 15.6. The topological polar surface area (TPSA) is 46.8 Å². The van der Waals surface area contributed by atoms with Crippen LogP contribution in [0.4, 0.5) is 0 Å². The number of amides is 1. The maximum atomic E-state index is 12.4. The molecule has 1 aliphatic rings. The van der Waals surface area contributed by atoms with E-state index in [0.29, 0.717) is 26.3 Å². The number of morpholine rings is 1. The molecule has 0 radical (unpaired) electrons. The lowest BCUT2D eigenvalue weighted by molar-refractivity contribution is -0.129. The fourth-order valence-electron chi connectivity index (χ4n) is 3.02. The summed E-state index contributed by atoms with van der Waals surface area (Å²) in [6.45, 7) is 2.48. The summed E-state index contributed by atoms with van der Waals surface area (Å²) < 4.78 is 7.31. The quantitative estimate of drug-likeness (QED) is 0.693. The van der Waals surface area contributed by atoms with E-state index in [1.807, 2.05) is 70.1 Å². The summed E-state index contributed by atoms with van der Waals surface area (Å²) in [5.41, 5.74) is 3.67. The van der Waals surface area contributed by atoms with Gasteiger partial charge in [-0.2, -0.15) is 0 Å². The van der Waals surface area contributed by atoms with Crippen molar-refractivity contribution in [2.75, 3.05) is 26.3 Å². The van der Waals surface area contributed by atoms with Crippen LogP contribution in [0, 0.1) is 0 Å². The van der Waals surface area contributed by atoms with Gasteiger partial charge in [0.25, 0.3) is 0 Å². The Hall–Kier alpha value is -2.92. The van der Waals surface area contributed by atoms with Crippen molar-refractivity contribution in [3.8, 4) is 11.3 Å². The molecule has 25 heavy (non-hydrogen) atoms. The number of aromatic nitrogens is 2. The van der Waals surface area contributed by atoms with E-state index in [9.17, 15) is 4.79 Å². The standard InChI is InChI=1S/C20H19N3O2/c24-19(22-12-14-25-15-13-22)10-9-17-20(16-6-2-1-3-7-16)21-18-8-4-5-11-23(17)18/h1-11H,12-15H2/b10-9+. The van der Waals surface area contributed by atoms with Crippen LogP contribution in [0.5, 0.6) is 0 Å². The predicted octanol–water partition coefficient (Wildman–Crippen LogP) is 2.87. The van der Waals surface area contributed by atoms with Gasteiger partial charge in [0.05, 0.1) is 24.6 Å². The second-order valence-corrected chi connectivity index (χ2v) is 5.91. The van der Waals surface area contributed by atoms with E-state index in [0.717, 1.165) is 22.6 Å². The lowest BCUT2D eigenvalue weighted by Crippen LogP contribution is -2.39. The molecule has 1 fully saturated rings. The molecule has 5 heteroatoms. The number of pyridine rings is 1. The Labute approximate surface area is 146 Å². The first-order chi connectivity index (χ1) is 12.3. The molecule has 0 N–H and O–H groups in total. The summed E-state index contributed by atoms with van der Waals surface area (Å²) in [7, 11) is 0. The fraction of sp³-hybridized carbons (Fsp3) is 0.200. The molecule has 0 spiro atoms. The number of hydrogen-bond acceptors (Lipinski definition) is 3. The van der Waals surface area contributed by atoms with Gasteiger partial charge in [-0.05, 0) is 18.2 Å². The number of carbonyl (C=O) groups is 1. The number of imidazole rings is 1. The molecular weight excluding hydrogens is 314 g/mol. The van der Waals surface area contributed by atoms with Crippen LogP contribution in [0.1, 0.15) is 5.69 Å². The van der Waals surface area contributed by atoms with Gasteiger partial charge in [0, 0.05) is 30.9 Å². The number of ether oxygens (including phenoxy) is 1. The van der Waals surface area contributed by atoms with Gasteiger partial charge in [-0.15, -0.1) is 0 Å². The van der Waals surface area contributed by atoms with Gasteiger partial charge in [0.2, 0.25) is 5.91 Å². The van der Waals surface area contributed by atoms with E-state index in [4.69, 9.17) is 9.72 Å². The number of fused-ring (bicyclic) bond motifs is 1. The van der Waals surface area contributed by atoms with Gasteiger partial charge >= 0.3 is 0 Å². The Bertz CT molecular complexity index is 909. The smallest absolute Gasteiger partial charge is 0.246 e. The second-order valence-electron chi connectivity index (χ2n) is 5.91. The van der Waals surface area contributed by atoms with E-state index < -0.39 is 0 Å². The summed E-state index contributed by atoms with van der Waals surface area (Å²) in [6, 6.07) is 15.9. The van der Waals surface area contributed by atoms with Gasteiger partial charge in [-0.25, -0.2) is 4.98 Å². The van der Waals surface area contributed by atoms with Crippen LogP contribution in [-0.4, -0.2) is 46.5 Å². The average molecular weight is 333 g/mol. The fourth-order valence-corrected chi connectivity index (χ4v) is 3.02. The number of nitrogens with zero attached hydrogens (tertiary/aromatic N) is 3. The summed E-state index contributed by atoms with van der Waals surface area (Å²) in [5.74, 6) is 0.00759. The zero-order valence-corrected chi connectivity index (χ0v) is 13.8. The minimum Gasteiger partial charge on any atom is -0.378 e. The van der Waals surface area contributed by atoms with Gasteiger partial charge < -0.3 is 9.64 Å². The largest absolute Gasteiger partial charge is 0.378 e. The Morgan fingerprint density at radius 3 is 2.60 bits per heavy atom. The monoisotopic (exact) mass is 333 g/mol. The average Bonchev–Trinajstić information content (AvgIpc) is 3.06. The van der Waals surface area contributed by atoms with E-state index in [2.05, 4.69) is 0 Å². The highest BCUT2D eigenvalue weighted by molar-refractivity contribution is 5.93. The minimum absolute atomic E-state index is 0.00759. The van der Waals surface area contributed by atoms with Crippen LogP contribution in [0.15, 0.2) is 60.8 Å².